The molecule has 3 rings (SSSR count). The van der Waals surface area contributed by atoms with E-state index in [0.29, 0.717) is 6.54 Å². The average Bonchev–Trinajstić information content (AvgIpc) is 2.87. The number of hydrogen-bond donors (Lipinski definition) is 0. The van der Waals surface area contributed by atoms with Gasteiger partial charge >= 0.3 is 0 Å². The Kier molecular flexibility index (Phi) is 5.13. The molecule has 1 atom stereocenters. The first-order valence-electron chi connectivity index (χ1n) is 8.60. The second-order valence-corrected chi connectivity index (χ2v) is 6.61. The van der Waals surface area contributed by atoms with Gasteiger partial charge in [0.25, 0.3) is 0 Å². The van der Waals surface area contributed by atoms with Crippen LogP contribution in [0, 0.1) is 13.8 Å². The molecule has 2 aromatic rings. The predicted octanol–water partition coefficient (Wildman–Crippen LogP) is 1.85. The van der Waals surface area contributed by atoms with Gasteiger partial charge in [0.15, 0.2) is 0 Å². The molecule has 0 bridgehead atoms. The van der Waals surface area contributed by atoms with Crippen molar-refractivity contribution in [3.05, 3.63) is 29.5 Å². The molecule has 1 aliphatic rings. The Balaban J connectivity index is 1.77. The molecule has 0 saturated carbocycles. The lowest BCUT2D eigenvalue weighted by molar-refractivity contribution is -0.136. The molecule has 0 aliphatic carbocycles. The normalized spacial score (nSPS) is 17.8. The van der Waals surface area contributed by atoms with Crippen LogP contribution < -0.4 is 0 Å². The van der Waals surface area contributed by atoms with Crippen molar-refractivity contribution >= 4 is 5.91 Å². The Morgan fingerprint density at radius 1 is 1.32 bits per heavy atom. The maximum absolute atomic E-state index is 12.0. The molecular formula is C18H25N5O2. The Hall–Kier alpha value is -2.28. The summed E-state index contributed by atoms with van der Waals surface area (Å²) < 4.78 is 6.82. The van der Waals surface area contributed by atoms with E-state index in [4.69, 9.17) is 4.74 Å². The number of hydrogen-bond acceptors (Lipinski definition) is 5. The minimum atomic E-state index is 0.0402. The highest BCUT2D eigenvalue weighted by Gasteiger charge is 2.26. The Morgan fingerprint density at radius 2 is 2.12 bits per heavy atom. The highest BCUT2D eigenvalue weighted by atomic mass is 16.5. The second kappa shape index (κ2) is 7.31. The third kappa shape index (κ3) is 3.56. The van der Waals surface area contributed by atoms with E-state index in [0.717, 1.165) is 47.7 Å². The molecule has 7 heteroatoms. The number of aryl methyl sites for hydroxylation is 2. The van der Waals surface area contributed by atoms with Crippen molar-refractivity contribution in [1.29, 1.82) is 0 Å². The zero-order chi connectivity index (χ0) is 18.0. The van der Waals surface area contributed by atoms with Gasteiger partial charge in [-0.15, -0.1) is 0 Å². The predicted molar refractivity (Wildman–Crippen MR) is 94.1 cm³/mol. The van der Waals surface area contributed by atoms with E-state index in [1.54, 1.807) is 7.11 Å². The summed E-state index contributed by atoms with van der Waals surface area (Å²) in [6.07, 6.45) is 5.67. The van der Waals surface area contributed by atoms with Crippen LogP contribution in [0.2, 0.25) is 0 Å². The summed E-state index contributed by atoms with van der Waals surface area (Å²) in [5.74, 6) is 0.269. The number of aromatic nitrogens is 4. The third-order valence-corrected chi connectivity index (χ3v) is 4.90. The van der Waals surface area contributed by atoms with E-state index in [1.165, 1.54) is 0 Å². The van der Waals surface area contributed by atoms with E-state index in [1.807, 2.05) is 42.9 Å². The van der Waals surface area contributed by atoms with E-state index < -0.39 is 0 Å². The van der Waals surface area contributed by atoms with Gasteiger partial charge < -0.3 is 9.64 Å². The third-order valence-electron chi connectivity index (χ3n) is 4.90. The van der Waals surface area contributed by atoms with Crippen molar-refractivity contribution in [1.82, 2.24) is 24.6 Å². The van der Waals surface area contributed by atoms with Gasteiger partial charge in [0.1, 0.15) is 6.61 Å². The van der Waals surface area contributed by atoms with Crippen LogP contribution in [-0.2, 0) is 16.6 Å². The SMILES string of the molecule is COCC(=O)N1CCC[C@@H](c2cnc(-c3c(C)nn(C)c3C)cn2)C1. The molecule has 25 heavy (non-hydrogen) atoms. The van der Waals surface area contributed by atoms with E-state index in [2.05, 4.69) is 15.1 Å². The van der Waals surface area contributed by atoms with Gasteiger partial charge in [0.2, 0.25) is 5.91 Å². The highest BCUT2D eigenvalue weighted by molar-refractivity contribution is 5.77. The molecule has 1 amide bonds. The van der Waals surface area contributed by atoms with Crippen LogP contribution in [0.4, 0.5) is 0 Å². The van der Waals surface area contributed by atoms with Crippen molar-refractivity contribution in [3.63, 3.8) is 0 Å². The van der Waals surface area contributed by atoms with Crippen molar-refractivity contribution in [3.8, 4) is 11.3 Å². The first-order valence-corrected chi connectivity index (χ1v) is 8.60. The summed E-state index contributed by atoms with van der Waals surface area (Å²) >= 11 is 0. The lowest BCUT2D eigenvalue weighted by Gasteiger charge is -2.32. The molecule has 0 unspecified atom stereocenters. The summed E-state index contributed by atoms with van der Waals surface area (Å²) in [5.41, 5.74) is 4.86. The van der Waals surface area contributed by atoms with E-state index in [9.17, 15) is 4.79 Å². The Bertz CT molecular complexity index is 754. The monoisotopic (exact) mass is 343 g/mol. The Labute approximate surface area is 148 Å². The second-order valence-electron chi connectivity index (χ2n) is 6.61. The van der Waals surface area contributed by atoms with Crippen molar-refractivity contribution in [2.45, 2.75) is 32.6 Å². The van der Waals surface area contributed by atoms with Crippen LogP contribution in [0.15, 0.2) is 12.4 Å². The number of ether oxygens (including phenoxy) is 1. The molecule has 0 N–H and O–H groups in total. The van der Waals surface area contributed by atoms with Gasteiger partial charge in [-0.2, -0.15) is 5.10 Å². The summed E-state index contributed by atoms with van der Waals surface area (Å²) in [5, 5.41) is 4.44. The largest absolute Gasteiger partial charge is 0.375 e. The molecule has 1 fully saturated rings. The number of carbonyl (C=O) groups is 1. The summed E-state index contributed by atoms with van der Waals surface area (Å²) in [6, 6.07) is 0. The van der Waals surface area contributed by atoms with Crippen molar-refractivity contribution in [2.75, 3.05) is 26.8 Å². The Morgan fingerprint density at radius 3 is 2.72 bits per heavy atom. The van der Waals surface area contributed by atoms with E-state index >= 15 is 0 Å². The zero-order valence-electron chi connectivity index (χ0n) is 15.3. The number of likely N-dealkylation sites (tertiary alicyclic amines) is 1. The first-order chi connectivity index (χ1) is 12.0. The van der Waals surface area contributed by atoms with Gasteiger partial charge in [-0.05, 0) is 26.7 Å². The van der Waals surface area contributed by atoms with Crippen LogP contribution in [-0.4, -0.2) is 57.4 Å². The first kappa shape index (κ1) is 17.5. The maximum Gasteiger partial charge on any atom is 0.248 e. The van der Waals surface area contributed by atoms with Gasteiger partial charge in [-0.3, -0.25) is 19.4 Å². The van der Waals surface area contributed by atoms with Gasteiger partial charge in [-0.1, -0.05) is 0 Å². The molecule has 0 aromatic carbocycles. The number of nitrogens with zero attached hydrogens (tertiary/aromatic N) is 5. The molecule has 3 heterocycles. The molecule has 1 saturated heterocycles. The van der Waals surface area contributed by atoms with Crippen molar-refractivity contribution < 1.29 is 9.53 Å². The molecule has 7 nitrogen and oxygen atoms in total. The van der Waals surface area contributed by atoms with Gasteiger partial charge in [0, 0.05) is 50.6 Å². The van der Waals surface area contributed by atoms with Crippen LogP contribution in [0.5, 0.6) is 0 Å². The fourth-order valence-electron chi connectivity index (χ4n) is 3.48. The number of methoxy groups -OCH3 is 1. The summed E-state index contributed by atoms with van der Waals surface area (Å²) in [6.45, 7) is 5.63. The van der Waals surface area contributed by atoms with Crippen LogP contribution >= 0.6 is 0 Å². The minimum absolute atomic E-state index is 0.0402. The summed E-state index contributed by atoms with van der Waals surface area (Å²) in [7, 11) is 3.48. The quantitative estimate of drug-likeness (QED) is 0.847. The minimum Gasteiger partial charge on any atom is -0.375 e. The lowest BCUT2D eigenvalue weighted by atomic mass is 9.95. The standard InChI is InChI=1S/C18H25N5O2/c1-12-18(13(2)22(3)21-12)16-9-19-15(8-20-16)14-6-5-7-23(10-14)17(24)11-25-4/h8-9,14H,5-7,10-11H2,1-4H3/t14-/m1/s1. The van der Waals surface area contributed by atoms with Gasteiger partial charge in [0.05, 0.1) is 23.3 Å². The number of piperidine rings is 1. The smallest absolute Gasteiger partial charge is 0.248 e. The molecule has 2 aromatic heterocycles. The average molecular weight is 343 g/mol. The number of carbonyl (C=O) groups excluding carboxylic acids is 1. The van der Waals surface area contributed by atoms with Crippen molar-refractivity contribution in [2.24, 2.45) is 7.05 Å². The molecule has 134 valence electrons. The number of amides is 1. The fraction of sp³-hybridized carbons (Fsp3) is 0.556. The topological polar surface area (TPSA) is 73.1 Å². The summed E-state index contributed by atoms with van der Waals surface area (Å²) in [4.78, 5) is 23.2. The number of rotatable bonds is 4. The molecule has 1 aliphatic heterocycles. The lowest BCUT2D eigenvalue weighted by Crippen LogP contribution is -2.41. The van der Waals surface area contributed by atoms with Crippen LogP contribution in [0.25, 0.3) is 11.3 Å². The van der Waals surface area contributed by atoms with Crippen LogP contribution in [0.3, 0.4) is 0 Å². The highest BCUT2D eigenvalue weighted by Crippen LogP contribution is 2.28. The van der Waals surface area contributed by atoms with Crippen LogP contribution in [0.1, 0.15) is 35.8 Å². The maximum atomic E-state index is 12.0. The molecule has 0 radical (unpaired) electrons. The molecular weight excluding hydrogens is 318 g/mol. The zero-order valence-corrected chi connectivity index (χ0v) is 15.3. The van der Waals surface area contributed by atoms with Gasteiger partial charge in [-0.25, -0.2) is 0 Å². The molecule has 0 spiro atoms. The fourth-order valence-corrected chi connectivity index (χ4v) is 3.48. The van der Waals surface area contributed by atoms with E-state index in [-0.39, 0.29) is 18.4 Å².